The Morgan fingerprint density at radius 2 is 1.14 bits per heavy atom. The normalized spacial score (nSPS) is 13.3. The number of ketones is 1. The lowest BCUT2D eigenvalue weighted by atomic mass is 10.0. The molecule has 0 aromatic carbocycles. The average molecular weight is 326 g/mol. The highest BCUT2D eigenvalue weighted by atomic mass is 19.4. The fraction of sp³-hybridized carbons (Fsp3) is 0.941. The van der Waals surface area contributed by atoms with Crippen molar-refractivity contribution >= 4 is 5.78 Å². The zero-order valence-electron chi connectivity index (χ0n) is 13.7. The smallest absolute Gasteiger partial charge is 0.286 e. The Morgan fingerprint density at radius 1 is 0.773 bits per heavy atom. The number of halogens is 4. The monoisotopic (exact) mass is 326 g/mol. The first-order valence-corrected chi connectivity index (χ1v) is 8.64. The fourth-order valence-corrected chi connectivity index (χ4v) is 2.47. The van der Waals surface area contributed by atoms with Gasteiger partial charge in [0.25, 0.3) is 5.78 Å². The zero-order valence-corrected chi connectivity index (χ0v) is 13.7. The third-order valence-electron chi connectivity index (χ3n) is 3.88. The number of hydrogen-bond acceptors (Lipinski definition) is 1. The molecule has 1 nitrogen and oxygen atoms in total. The molecule has 0 aromatic rings. The van der Waals surface area contributed by atoms with E-state index >= 15 is 0 Å². The van der Waals surface area contributed by atoms with E-state index in [1.165, 1.54) is 44.9 Å². The van der Waals surface area contributed by atoms with Crippen molar-refractivity contribution in [3.8, 4) is 0 Å². The summed E-state index contributed by atoms with van der Waals surface area (Å²) in [6.45, 7) is 2.20. The molecular formula is C17H30F4O. The van der Waals surface area contributed by atoms with Crippen LogP contribution in [0.15, 0.2) is 0 Å². The molecule has 1 atom stereocenters. The van der Waals surface area contributed by atoms with E-state index in [-0.39, 0.29) is 6.42 Å². The number of rotatable bonds is 14. The average Bonchev–Trinajstić information content (AvgIpc) is 2.46. The number of carbonyl (C=O) groups excluding carboxylic acids is 1. The van der Waals surface area contributed by atoms with Crippen LogP contribution in [0.25, 0.3) is 0 Å². The second-order valence-electron chi connectivity index (χ2n) is 6.01. The molecule has 0 aliphatic carbocycles. The van der Waals surface area contributed by atoms with Crippen LogP contribution in [0.2, 0.25) is 0 Å². The summed E-state index contributed by atoms with van der Waals surface area (Å²) in [4.78, 5) is 10.6. The number of alkyl halides is 4. The van der Waals surface area contributed by atoms with Gasteiger partial charge in [-0.25, -0.2) is 4.39 Å². The van der Waals surface area contributed by atoms with E-state index in [0.717, 1.165) is 19.3 Å². The molecule has 0 radical (unpaired) electrons. The van der Waals surface area contributed by atoms with Crippen molar-refractivity contribution in [3.63, 3.8) is 0 Å². The number of unbranched alkanes of at least 4 members (excludes halogenated alkanes) is 11. The minimum Gasteiger partial charge on any atom is -0.286 e. The molecular weight excluding hydrogens is 296 g/mol. The molecule has 22 heavy (non-hydrogen) atoms. The van der Waals surface area contributed by atoms with Crippen molar-refractivity contribution in [3.05, 3.63) is 0 Å². The number of hydrogen-bond donors (Lipinski definition) is 0. The van der Waals surface area contributed by atoms with Crippen molar-refractivity contribution in [1.82, 2.24) is 0 Å². The Labute approximate surface area is 131 Å². The molecule has 132 valence electrons. The van der Waals surface area contributed by atoms with Crippen molar-refractivity contribution in [2.75, 3.05) is 0 Å². The van der Waals surface area contributed by atoms with Crippen LogP contribution in [0.3, 0.4) is 0 Å². The number of Topliss-reactive ketones (excluding diaryl/α,β-unsaturated/α-hetero) is 1. The Bertz CT molecular complexity index is 276. The van der Waals surface area contributed by atoms with Gasteiger partial charge in [0.2, 0.25) is 0 Å². The second kappa shape index (κ2) is 12.9. The van der Waals surface area contributed by atoms with E-state index < -0.39 is 18.1 Å². The van der Waals surface area contributed by atoms with Gasteiger partial charge in [-0.3, -0.25) is 4.79 Å². The molecule has 0 spiro atoms. The van der Waals surface area contributed by atoms with Gasteiger partial charge in [-0.15, -0.1) is 0 Å². The summed E-state index contributed by atoms with van der Waals surface area (Å²) in [7, 11) is 0. The van der Waals surface area contributed by atoms with Crippen LogP contribution < -0.4 is 0 Å². The van der Waals surface area contributed by atoms with Crippen molar-refractivity contribution in [1.29, 1.82) is 0 Å². The van der Waals surface area contributed by atoms with Gasteiger partial charge in [0.1, 0.15) is 0 Å². The van der Waals surface area contributed by atoms with Gasteiger partial charge in [-0.2, -0.15) is 13.2 Å². The summed E-state index contributed by atoms with van der Waals surface area (Å²) in [6.07, 6.45) is 5.30. The summed E-state index contributed by atoms with van der Waals surface area (Å²) in [5, 5.41) is 0. The molecule has 0 fully saturated rings. The summed E-state index contributed by atoms with van der Waals surface area (Å²) >= 11 is 0. The van der Waals surface area contributed by atoms with Crippen LogP contribution in [0.5, 0.6) is 0 Å². The van der Waals surface area contributed by atoms with Gasteiger partial charge in [0.05, 0.1) is 0 Å². The fourth-order valence-electron chi connectivity index (χ4n) is 2.47. The topological polar surface area (TPSA) is 17.1 Å². The minimum absolute atomic E-state index is 0.310. The van der Waals surface area contributed by atoms with E-state index in [9.17, 15) is 22.4 Å². The van der Waals surface area contributed by atoms with Gasteiger partial charge < -0.3 is 0 Å². The van der Waals surface area contributed by atoms with Crippen molar-refractivity contribution in [2.45, 2.75) is 103 Å². The van der Waals surface area contributed by atoms with Gasteiger partial charge in [-0.05, 0) is 6.42 Å². The van der Waals surface area contributed by atoms with Crippen LogP contribution in [0, 0.1) is 0 Å². The minimum atomic E-state index is -5.05. The molecule has 0 aliphatic heterocycles. The molecule has 5 heteroatoms. The van der Waals surface area contributed by atoms with E-state index in [1.54, 1.807) is 0 Å². The van der Waals surface area contributed by atoms with Gasteiger partial charge in [-0.1, -0.05) is 84.0 Å². The van der Waals surface area contributed by atoms with E-state index in [2.05, 4.69) is 6.92 Å². The van der Waals surface area contributed by atoms with E-state index in [1.807, 2.05) is 0 Å². The highest BCUT2D eigenvalue weighted by Gasteiger charge is 2.43. The molecule has 0 heterocycles. The summed E-state index contributed by atoms with van der Waals surface area (Å²) in [6, 6.07) is 0. The standard InChI is InChI=1S/C17H30F4O/c1-2-3-4-5-6-7-8-9-10-11-12-13-14-15(18)16(22)17(19,20)21/h15H,2-14H2,1H3/t15-/m1/s1. The molecule has 0 bridgehead atoms. The Morgan fingerprint density at radius 3 is 1.50 bits per heavy atom. The third-order valence-corrected chi connectivity index (χ3v) is 3.88. The maximum atomic E-state index is 13.0. The van der Waals surface area contributed by atoms with Crippen LogP contribution >= 0.6 is 0 Å². The van der Waals surface area contributed by atoms with Crippen molar-refractivity contribution < 1.29 is 22.4 Å². The van der Waals surface area contributed by atoms with E-state index in [0.29, 0.717) is 12.8 Å². The first kappa shape index (κ1) is 21.4. The first-order valence-electron chi connectivity index (χ1n) is 8.64. The lowest BCUT2D eigenvalue weighted by Crippen LogP contribution is -2.31. The molecule has 0 rings (SSSR count). The van der Waals surface area contributed by atoms with Gasteiger partial charge in [0.15, 0.2) is 6.17 Å². The molecule has 0 saturated carbocycles. The Hall–Kier alpha value is -0.610. The number of carbonyl (C=O) groups is 1. The van der Waals surface area contributed by atoms with Crippen LogP contribution in [-0.4, -0.2) is 18.1 Å². The molecule has 0 amide bonds. The first-order chi connectivity index (χ1) is 10.4. The molecule has 0 N–H and O–H groups in total. The highest BCUT2D eigenvalue weighted by molar-refractivity contribution is 5.88. The maximum absolute atomic E-state index is 13.0. The summed E-state index contributed by atoms with van der Waals surface area (Å²) in [5.74, 6) is -2.24. The Kier molecular flexibility index (Phi) is 12.5. The predicted molar refractivity (Wildman–Crippen MR) is 81.7 cm³/mol. The quantitative estimate of drug-likeness (QED) is 0.261. The maximum Gasteiger partial charge on any atom is 0.453 e. The van der Waals surface area contributed by atoms with Gasteiger partial charge in [0, 0.05) is 0 Å². The van der Waals surface area contributed by atoms with Crippen LogP contribution in [-0.2, 0) is 4.79 Å². The zero-order chi connectivity index (χ0) is 16.8. The molecule has 0 saturated heterocycles. The highest BCUT2D eigenvalue weighted by Crippen LogP contribution is 2.22. The Balaban J connectivity index is 3.32. The van der Waals surface area contributed by atoms with Crippen LogP contribution in [0.1, 0.15) is 90.4 Å². The second-order valence-corrected chi connectivity index (χ2v) is 6.01. The van der Waals surface area contributed by atoms with Gasteiger partial charge >= 0.3 is 6.18 Å². The summed E-state index contributed by atoms with van der Waals surface area (Å²) < 4.78 is 48.9. The van der Waals surface area contributed by atoms with Crippen molar-refractivity contribution in [2.24, 2.45) is 0 Å². The predicted octanol–water partition coefficient (Wildman–Crippen LogP) is 6.55. The largest absolute Gasteiger partial charge is 0.453 e. The van der Waals surface area contributed by atoms with Crippen LogP contribution in [0.4, 0.5) is 17.6 Å². The molecule has 0 aliphatic rings. The lowest BCUT2D eigenvalue weighted by molar-refractivity contribution is -0.176. The SMILES string of the molecule is CCCCCCCCCCCCCC[C@@H](F)C(=O)C(F)(F)F. The molecule has 0 unspecified atom stereocenters. The summed E-state index contributed by atoms with van der Waals surface area (Å²) in [5.41, 5.74) is 0. The third kappa shape index (κ3) is 12.0. The van der Waals surface area contributed by atoms with E-state index in [4.69, 9.17) is 0 Å². The lowest BCUT2D eigenvalue weighted by Gasteiger charge is -2.09. The molecule has 0 aromatic heterocycles.